The van der Waals surface area contributed by atoms with Crippen molar-refractivity contribution in [2.75, 3.05) is 0 Å². The van der Waals surface area contributed by atoms with Gasteiger partial charge in [0.1, 0.15) is 0 Å². The summed E-state index contributed by atoms with van der Waals surface area (Å²) in [5.74, 6) is 0. The molecule has 0 N–H and O–H groups in total. The molecule has 0 aliphatic carbocycles. The lowest BCUT2D eigenvalue weighted by atomic mass is 10.1. The van der Waals surface area contributed by atoms with Crippen molar-refractivity contribution in [1.82, 2.24) is 0 Å². The third-order valence-corrected chi connectivity index (χ3v) is 2.17. The van der Waals surface area contributed by atoms with Gasteiger partial charge >= 0.3 is 0 Å². The van der Waals surface area contributed by atoms with Crippen LogP contribution in [0.2, 0.25) is 0 Å². The molecule has 0 aliphatic rings. The summed E-state index contributed by atoms with van der Waals surface area (Å²) in [4.78, 5) is 0. The van der Waals surface area contributed by atoms with E-state index in [1.165, 1.54) is 11.1 Å². The molecule has 0 saturated heterocycles. The smallest absolute Gasteiger partial charge is 0.0160 e. The van der Waals surface area contributed by atoms with Crippen molar-refractivity contribution in [3.05, 3.63) is 52.8 Å². The Hall–Kier alpha value is -1.26. The predicted octanol–water partition coefficient (Wildman–Crippen LogP) is 5.36. The second-order valence-corrected chi connectivity index (χ2v) is 3.98. The van der Waals surface area contributed by atoms with Gasteiger partial charge in [-0.05, 0) is 51.8 Å². The van der Waals surface area contributed by atoms with Gasteiger partial charge in [0.05, 0.1) is 0 Å². The molecule has 0 amide bonds. The normalized spacial score (nSPS) is 11.2. The Balaban J connectivity index is 4.96. The molecule has 0 fully saturated rings. The summed E-state index contributed by atoms with van der Waals surface area (Å²) in [7, 11) is 0. The van der Waals surface area contributed by atoms with Crippen molar-refractivity contribution >= 4 is 0 Å². The zero-order valence-corrected chi connectivity index (χ0v) is 11.3. The summed E-state index contributed by atoms with van der Waals surface area (Å²) in [5, 5.41) is 0. The van der Waals surface area contributed by atoms with Gasteiger partial charge in [0.25, 0.3) is 0 Å². The fourth-order valence-electron chi connectivity index (χ4n) is 1.28. The van der Waals surface area contributed by atoms with Crippen LogP contribution in [-0.2, 0) is 0 Å². The summed E-state index contributed by atoms with van der Waals surface area (Å²) in [6, 6.07) is 0. The van der Waals surface area contributed by atoms with Crippen molar-refractivity contribution in [3.63, 3.8) is 0 Å². The topological polar surface area (TPSA) is 0 Å². The fourth-order valence-corrected chi connectivity index (χ4v) is 1.28. The second kappa shape index (κ2) is 9.00. The van der Waals surface area contributed by atoms with Gasteiger partial charge in [-0.1, -0.05) is 37.1 Å². The van der Waals surface area contributed by atoms with E-state index >= 15 is 0 Å². The molecule has 0 heterocycles. The van der Waals surface area contributed by atoms with Crippen molar-refractivity contribution in [2.24, 2.45) is 0 Å². The minimum atomic E-state index is 1.03. The summed E-state index contributed by atoms with van der Waals surface area (Å²) >= 11 is 0. The Morgan fingerprint density at radius 2 is 1.81 bits per heavy atom. The van der Waals surface area contributed by atoms with Crippen LogP contribution in [0.3, 0.4) is 0 Å². The Bertz CT molecular complexity index is 338. The van der Waals surface area contributed by atoms with Crippen molar-refractivity contribution in [3.8, 4) is 0 Å². The van der Waals surface area contributed by atoms with E-state index in [2.05, 4.69) is 70.7 Å². The number of hydrogen-bond donors (Lipinski definition) is 0. The van der Waals surface area contributed by atoms with Crippen molar-refractivity contribution < 1.29 is 0 Å². The van der Waals surface area contributed by atoms with Crippen LogP contribution in [0, 0.1) is 0 Å². The van der Waals surface area contributed by atoms with E-state index in [-0.39, 0.29) is 0 Å². The van der Waals surface area contributed by atoms with Gasteiger partial charge in [-0.3, -0.25) is 0 Å². The molecule has 0 rings (SSSR count). The Morgan fingerprint density at radius 1 is 1.12 bits per heavy atom. The molecular formula is C16H24. The van der Waals surface area contributed by atoms with Gasteiger partial charge < -0.3 is 0 Å². The lowest BCUT2D eigenvalue weighted by Crippen LogP contribution is -1.76. The molecule has 0 aromatic carbocycles. The average molecular weight is 216 g/mol. The SMILES string of the molecule is CC=C(C=CC(=C=CCC)C=C(C)C)CC. The maximum atomic E-state index is 3.31. The average Bonchev–Trinajstić information content (AvgIpc) is 2.26. The maximum Gasteiger partial charge on any atom is 0.0160 e. The molecule has 0 bridgehead atoms. The summed E-state index contributed by atoms with van der Waals surface area (Å²) < 4.78 is 0. The molecule has 16 heavy (non-hydrogen) atoms. The van der Waals surface area contributed by atoms with Crippen LogP contribution in [0.25, 0.3) is 0 Å². The first kappa shape index (κ1) is 14.7. The van der Waals surface area contributed by atoms with E-state index in [4.69, 9.17) is 0 Å². The molecule has 0 radical (unpaired) electrons. The van der Waals surface area contributed by atoms with Crippen LogP contribution >= 0.6 is 0 Å². The van der Waals surface area contributed by atoms with E-state index in [1.54, 1.807) is 0 Å². The van der Waals surface area contributed by atoms with Gasteiger partial charge in [0.15, 0.2) is 0 Å². The molecule has 0 aromatic rings. The van der Waals surface area contributed by atoms with Gasteiger partial charge in [-0.25, -0.2) is 0 Å². The fraction of sp³-hybridized carbons (Fsp3) is 0.438. The zero-order valence-electron chi connectivity index (χ0n) is 11.3. The minimum absolute atomic E-state index is 1.03. The summed E-state index contributed by atoms with van der Waals surface area (Å²) in [6.45, 7) is 10.6. The van der Waals surface area contributed by atoms with Crippen LogP contribution in [0.5, 0.6) is 0 Å². The summed E-state index contributed by atoms with van der Waals surface area (Å²) in [5.41, 5.74) is 7.11. The Kier molecular flexibility index (Phi) is 8.29. The third-order valence-electron chi connectivity index (χ3n) is 2.17. The van der Waals surface area contributed by atoms with Crippen LogP contribution < -0.4 is 0 Å². The largest absolute Gasteiger partial charge is 0.117 e. The highest BCUT2D eigenvalue weighted by Gasteiger charge is 1.88. The molecule has 0 saturated carbocycles. The van der Waals surface area contributed by atoms with Crippen molar-refractivity contribution in [2.45, 2.75) is 47.5 Å². The molecule has 0 spiro atoms. The molecule has 0 heteroatoms. The summed E-state index contributed by atoms with van der Waals surface area (Å²) in [6.07, 6.45) is 12.8. The lowest BCUT2D eigenvalue weighted by molar-refractivity contribution is 1.14. The van der Waals surface area contributed by atoms with Crippen LogP contribution in [0.1, 0.15) is 47.5 Å². The molecule has 0 atom stereocenters. The quantitative estimate of drug-likeness (QED) is 0.429. The highest BCUT2D eigenvalue weighted by atomic mass is 13.9. The maximum absolute atomic E-state index is 3.31. The van der Waals surface area contributed by atoms with Gasteiger partial charge in [-0.15, -0.1) is 5.73 Å². The lowest BCUT2D eigenvalue weighted by Gasteiger charge is -1.95. The van der Waals surface area contributed by atoms with E-state index in [0.717, 1.165) is 18.4 Å². The number of hydrogen-bond acceptors (Lipinski definition) is 0. The van der Waals surface area contributed by atoms with Crippen LogP contribution in [0.15, 0.2) is 52.8 Å². The number of rotatable bonds is 5. The Labute approximate surface area is 101 Å². The van der Waals surface area contributed by atoms with E-state index in [1.807, 2.05) is 0 Å². The zero-order chi connectivity index (χ0) is 12.4. The van der Waals surface area contributed by atoms with Gasteiger partial charge in [-0.2, -0.15) is 0 Å². The predicted molar refractivity (Wildman–Crippen MR) is 74.5 cm³/mol. The number of allylic oxidation sites excluding steroid dienone is 7. The van der Waals surface area contributed by atoms with Gasteiger partial charge in [0.2, 0.25) is 0 Å². The molecule has 0 aliphatic heterocycles. The van der Waals surface area contributed by atoms with Gasteiger partial charge in [0, 0.05) is 5.57 Å². The van der Waals surface area contributed by atoms with Crippen LogP contribution in [0.4, 0.5) is 0 Å². The van der Waals surface area contributed by atoms with Crippen LogP contribution in [-0.4, -0.2) is 0 Å². The molecule has 88 valence electrons. The molecule has 0 unspecified atom stereocenters. The first-order valence-corrected chi connectivity index (χ1v) is 6.07. The van der Waals surface area contributed by atoms with E-state index in [0.29, 0.717) is 0 Å². The van der Waals surface area contributed by atoms with Crippen molar-refractivity contribution in [1.29, 1.82) is 0 Å². The van der Waals surface area contributed by atoms with E-state index < -0.39 is 0 Å². The third kappa shape index (κ3) is 7.09. The minimum Gasteiger partial charge on any atom is -0.117 e. The Morgan fingerprint density at radius 3 is 2.25 bits per heavy atom. The monoisotopic (exact) mass is 216 g/mol. The first-order chi connectivity index (χ1) is 7.63. The van der Waals surface area contributed by atoms with E-state index in [9.17, 15) is 0 Å². The first-order valence-electron chi connectivity index (χ1n) is 6.07. The highest BCUT2D eigenvalue weighted by molar-refractivity contribution is 5.35. The molecule has 0 nitrogen and oxygen atoms in total. The standard InChI is InChI=1S/C16H24/c1-6-9-10-16(13-14(4)5)12-11-15(7-2)8-3/h7,9,11-13H,6,8H2,1-5H3. The highest BCUT2D eigenvalue weighted by Crippen LogP contribution is 2.07. The molecule has 0 aromatic heterocycles. The second-order valence-electron chi connectivity index (χ2n) is 3.98. The molecular weight excluding hydrogens is 192 g/mol.